The van der Waals surface area contributed by atoms with Gasteiger partial charge < -0.3 is 10.3 Å². The van der Waals surface area contributed by atoms with Crippen LogP contribution in [0.3, 0.4) is 0 Å². The molecule has 1 amide bonds. The van der Waals surface area contributed by atoms with Gasteiger partial charge in [-0.05, 0) is 25.1 Å². The zero-order valence-electron chi connectivity index (χ0n) is 12.8. The van der Waals surface area contributed by atoms with Crippen molar-refractivity contribution in [2.45, 2.75) is 13.0 Å². The Morgan fingerprint density at radius 2 is 2.08 bits per heavy atom. The Kier molecular flexibility index (Phi) is 4.37. The van der Waals surface area contributed by atoms with E-state index < -0.39 is 6.04 Å². The van der Waals surface area contributed by atoms with Gasteiger partial charge in [-0.3, -0.25) is 14.6 Å². The SMILES string of the molecule is CC(NC(=O)c1cccnc1)c1nc(-c2ccncn2)cc(=O)[nH]1. The highest BCUT2D eigenvalue weighted by atomic mass is 16.1. The van der Waals surface area contributed by atoms with Crippen molar-refractivity contribution < 1.29 is 4.79 Å². The first-order valence-corrected chi connectivity index (χ1v) is 7.22. The van der Waals surface area contributed by atoms with Crippen molar-refractivity contribution in [3.63, 3.8) is 0 Å². The summed E-state index contributed by atoms with van der Waals surface area (Å²) in [6.07, 6.45) is 6.00. The van der Waals surface area contributed by atoms with E-state index in [1.165, 1.54) is 18.6 Å². The first kappa shape index (κ1) is 15.5. The smallest absolute Gasteiger partial charge is 0.253 e. The van der Waals surface area contributed by atoms with Crippen LogP contribution in [0, 0.1) is 0 Å². The van der Waals surface area contributed by atoms with Crippen LogP contribution in [-0.2, 0) is 0 Å². The molecule has 1 atom stereocenters. The van der Waals surface area contributed by atoms with Gasteiger partial charge >= 0.3 is 0 Å². The molecule has 0 aliphatic carbocycles. The number of pyridine rings is 1. The van der Waals surface area contributed by atoms with Gasteiger partial charge in [-0.15, -0.1) is 0 Å². The van der Waals surface area contributed by atoms with E-state index in [9.17, 15) is 9.59 Å². The minimum atomic E-state index is -0.493. The maximum absolute atomic E-state index is 12.2. The molecule has 0 aliphatic heterocycles. The lowest BCUT2D eigenvalue weighted by Crippen LogP contribution is -2.29. The number of aromatic amines is 1. The second-order valence-corrected chi connectivity index (χ2v) is 5.05. The standard InChI is InChI=1S/C16H14N6O2/c1-10(20-16(24)11-3-2-5-17-8-11)15-21-13(7-14(23)22-15)12-4-6-18-9-19-12/h2-10H,1H3,(H,20,24)(H,21,22,23). The average Bonchev–Trinajstić information content (AvgIpc) is 2.62. The monoisotopic (exact) mass is 322 g/mol. The number of hydrogen-bond donors (Lipinski definition) is 2. The van der Waals surface area contributed by atoms with Crippen LogP contribution in [0.5, 0.6) is 0 Å². The van der Waals surface area contributed by atoms with E-state index in [1.54, 1.807) is 37.5 Å². The first-order valence-electron chi connectivity index (χ1n) is 7.22. The molecule has 0 saturated carbocycles. The Morgan fingerprint density at radius 1 is 1.21 bits per heavy atom. The molecule has 0 bridgehead atoms. The highest BCUT2D eigenvalue weighted by Crippen LogP contribution is 2.13. The van der Waals surface area contributed by atoms with E-state index in [0.29, 0.717) is 22.8 Å². The molecule has 0 aliphatic rings. The molecule has 0 fully saturated rings. The number of rotatable bonds is 4. The number of nitrogens with zero attached hydrogens (tertiary/aromatic N) is 4. The zero-order valence-corrected chi connectivity index (χ0v) is 12.8. The van der Waals surface area contributed by atoms with E-state index in [4.69, 9.17) is 0 Å². The number of amides is 1. The quantitative estimate of drug-likeness (QED) is 0.744. The molecule has 3 rings (SSSR count). The van der Waals surface area contributed by atoms with E-state index in [1.807, 2.05) is 0 Å². The molecule has 0 saturated heterocycles. The lowest BCUT2D eigenvalue weighted by molar-refractivity contribution is 0.0938. The molecule has 3 heterocycles. The normalized spacial score (nSPS) is 11.7. The van der Waals surface area contributed by atoms with Crippen LogP contribution in [0.25, 0.3) is 11.4 Å². The fraction of sp³-hybridized carbons (Fsp3) is 0.125. The van der Waals surface area contributed by atoms with E-state index in [-0.39, 0.29) is 11.5 Å². The summed E-state index contributed by atoms with van der Waals surface area (Å²) in [5.74, 6) is 0.0408. The van der Waals surface area contributed by atoms with Crippen molar-refractivity contribution >= 4 is 5.91 Å². The van der Waals surface area contributed by atoms with Crippen LogP contribution < -0.4 is 10.9 Å². The van der Waals surface area contributed by atoms with Crippen molar-refractivity contribution in [1.82, 2.24) is 30.2 Å². The Hall–Kier alpha value is -3.42. The summed E-state index contributed by atoms with van der Waals surface area (Å²) in [4.78, 5) is 42.9. The first-order chi connectivity index (χ1) is 11.6. The molecule has 0 spiro atoms. The summed E-state index contributed by atoms with van der Waals surface area (Å²) in [7, 11) is 0. The predicted octanol–water partition coefficient (Wildman–Crippen LogP) is 1.11. The van der Waals surface area contributed by atoms with Crippen molar-refractivity contribution in [1.29, 1.82) is 0 Å². The van der Waals surface area contributed by atoms with Crippen molar-refractivity contribution in [2.24, 2.45) is 0 Å². The maximum atomic E-state index is 12.2. The molecule has 24 heavy (non-hydrogen) atoms. The van der Waals surface area contributed by atoms with Crippen LogP contribution in [-0.4, -0.2) is 30.8 Å². The van der Waals surface area contributed by atoms with Crippen LogP contribution in [0.1, 0.15) is 29.1 Å². The summed E-state index contributed by atoms with van der Waals surface area (Å²) < 4.78 is 0. The summed E-state index contributed by atoms with van der Waals surface area (Å²) in [6, 6.07) is 5.84. The molecule has 120 valence electrons. The largest absolute Gasteiger partial charge is 0.342 e. The van der Waals surface area contributed by atoms with Gasteiger partial charge in [0.05, 0.1) is 23.0 Å². The molecular formula is C16H14N6O2. The van der Waals surface area contributed by atoms with Gasteiger partial charge in [-0.1, -0.05) is 0 Å². The molecule has 8 heteroatoms. The topological polar surface area (TPSA) is 114 Å². The fourth-order valence-electron chi connectivity index (χ4n) is 2.10. The van der Waals surface area contributed by atoms with Gasteiger partial charge in [-0.2, -0.15) is 0 Å². The van der Waals surface area contributed by atoms with E-state index in [0.717, 1.165) is 0 Å². The van der Waals surface area contributed by atoms with Crippen molar-refractivity contribution in [3.8, 4) is 11.4 Å². The summed E-state index contributed by atoms with van der Waals surface area (Å²) >= 11 is 0. The molecule has 3 aromatic heterocycles. The second kappa shape index (κ2) is 6.78. The summed E-state index contributed by atoms with van der Waals surface area (Å²) in [5, 5.41) is 2.77. The molecular weight excluding hydrogens is 308 g/mol. The van der Waals surface area contributed by atoms with E-state index >= 15 is 0 Å². The highest BCUT2D eigenvalue weighted by molar-refractivity contribution is 5.94. The number of nitrogens with one attached hydrogen (secondary N) is 2. The number of carbonyl (C=O) groups excluding carboxylic acids is 1. The third kappa shape index (κ3) is 3.49. The Bertz CT molecular complexity index is 895. The van der Waals surface area contributed by atoms with Crippen LogP contribution >= 0.6 is 0 Å². The zero-order chi connectivity index (χ0) is 16.9. The van der Waals surface area contributed by atoms with E-state index in [2.05, 4.69) is 30.2 Å². The predicted molar refractivity (Wildman–Crippen MR) is 86.0 cm³/mol. The van der Waals surface area contributed by atoms with Gasteiger partial charge in [0, 0.05) is 24.7 Å². The molecule has 3 aromatic rings. The third-order valence-corrected chi connectivity index (χ3v) is 3.29. The van der Waals surface area contributed by atoms with Gasteiger partial charge in [0.1, 0.15) is 12.2 Å². The number of H-pyrrole nitrogens is 1. The highest BCUT2D eigenvalue weighted by Gasteiger charge is 2.15. The Labute approximate surface area is 137 Å². The molecule has 0 radical (unpaired) electrons. The lowest BCUT2D eigenvalue weighted by atomic mass is 10.2. The van der Waals surface area contributed by atoms with Gasteiger partial charge in [0.15, 0.2) is 0 Å². The molecule has 2 N–H and O–H groups in total. The van der Waals surface area contributed by atoms with Crippen LogP contribution in [0.2, 0.25) is 0 Å². The Balaban J connectivity index is 1.85. The number of carbonyl (C=O) groups is 1. The number of hydrogen-bond acceptors (Lipinski definition) is 6. The van der Waals surface area contributed by atoms with Gasteiger partial charge in [0.25, 0.3) is 11.5 Å². The van der Waals surface area contributed by atoms with Gasteiger partial charge in [0.2, 0.25) is 0 Å². The van der Waals surface area contributed by atoms with Gasteiger partial charge in [-0.25, -0.2) is 15.0 Å². The lowest BCUT2D eigenvalue weighted by Gasteiger charge is -2.13. The molecule has 1 unspecified atom stereocenters. The minimum absolute atomic E-state index is 0.300. The maximum Gasteiger partial charge on any atom is 0.253 e. The minimum Gasteiger partial charge on any atom is -0.342 e. The average molecular weight is 322 g/mol. The van der Waals surface area contributed by atoms with Crippen LogP contribution in [0.15, 0.2) is 54.0 Å². The summed E-state index contributed by atoms with van der Waals surface area (Å²) in [5.41, 5.74) is 1.05. The Morgan fingerprint density at radius 3 is 2.79 bits per heavy atom. The van der Waals surface area contributed by atoms with Crippen molar-refractivity contribution in [3.05, 3.63) is 70.9 Å². The number of aromatic nitrogens is 5. The second-order valence-electron chi connectivity index (χ2n) is 5.05. The summed E-state index contributed by atoms with van der Waals surface area (Å²) in [6.45, 7) is 1.73. The van der Waals surface area contributed by atoms with Crippen LogP contribution in [0.4, 0.5) is 0 Å². The molecule has 8 nitrogen and oxygen atoms in total. The van der Waals surface area contributed by atoms with Crippen molar-refractivity contribution in [2.75, 3.05) is 0 Å². The third-order valence-electron chi connectivity index (χ3n) is 3.29. The molecule has 0 aromatic carbocycles. The fourth-order valence-corrected chi connectivity index (χ4v) is 2.10.